The second-order valence-corrected chi connectivity index (χ2v) is 4.71. The van der Waals surface area contributed by atoms with Crippen LogP contribution in [-0.4, -0.2) is 30.8 Å². The van der Waals surface area contributed by atoms with Crippen molar-refractivity contribution in [3.63, 3.8) is 0 Å². The molecule has 2 amide bonds. The molecule has 1 aromatic carbocycles. The Hall–Kier alpha value is -1.71. The van der Waals surface area contributed by atoms with Crippen LogP contribution in [0.25, 0.3) is 0 Å². The fourth-order valence-electron chi connectivity index (χ4n) is 2.02. The SMILES string of the molecule is Cc1ccc(OCNC(=O)N2CCCC2)cc1C. The van der Waals surface area contributed by atoms with Gasteiger partial charge in [0.2, 0.25) is 0 Å². The van der Waals surface area contributed by atoms with Gasteiger partial charge in [0.15, 0.2) is 6.73 Å². The molecular weight excluding hydrogens is 228 g/mol. The third-order valence-electron chi connectivity index (χ3n) is 3.33. The number of rotatable bonds is 3. The fourth-order valence-corrected chi connectivity index (χ4v) is 2.02. The summed E-state index contributed by atoms with van der Waals surface area (Å²) in [6, 6.07) is 5.89. The van der Waals surface area contributed by atoms with Crippen LogP contribution in [0.4, 0.5) is 4.79 Å². The summed E-state index contributed by atoms with van der Waals surface area (Å²) in [5, 5.41) is 2.77. The molecule has 0 spiro atoms. The van der Waals surface area contributed by atoms with Gasteiger partial charge in [-0.05, 0) is 49.9 Å². The van der Waals surface area contributed by atoms with E-state index in [1.54, 1.807) is 0 Å². The molecule has 4 nitrogen and oxygen atoms in total. The molecule has 1 N–H and O–H groups in total. The number of nitrogens with one attached hydrogen (secondary N) is 1. The summed E-state index contributed by atoms with van der Waals surface area (Å²) >= 11 is 0. The average Bonchev–Trinajstić information content (AvgIpc) is 2.87. The number of hydrogen-bond acceptors (Lipinski definition) is 2. The normalized spacial score (nSPS) is 14.7. The zero-order valence-electron chi connectivity index (χ0n) is 11.0. The maximum absolute atomic E-state index is 11.7. The van der Waals surface area contributed by atoms with Crippen molar-refractivity contribution in [2.75, 3.05) is 19.8 Å². The molecule has 0 aromatic heterocycles. The fraction of sp³-hybridized carbons (Fsp3) is 0.500. The standard InChI is InChI=1S/C14H20N2O2/c1-11-5-6-13(9-12(11)2)18-10-15-14(17)16-7-3-4-8-16/h5-6,9H,3-4,7-8,10H2,1-2H3,(H,15,17). The summed E-state index contributed by atoms with van der Waals surface area (Å²) in [5.74, 6) is 0.792. The van der Waals surface area contributed by atoms with Crippen molar-refractivity contribution in [2.24, 2.45) is 0 Å². The van der Waals surface area contributed by atoms with E-state index in [2.05, 4.69) is 12.2 Å². The summed E-state index contributed by atoms with van der Waals surface area (Å²) in [6.07, 6.45) is 2.21. The first-order valence-electron chi connectivity index (χ1n) is 6.39. The molecule has 0 aliphatic carbocycles. The van der Waals surface area contributed by atoms with E-state index >= 15 is 0 Å². The van der Waals surface area contributed by atoms with E-state index in [-0.39, 0.29) is 12.8 Å². The zero-order chi connectivity index (χ0) is 13.0. The Balaban J connectivity index is 1.77. The molecule has 1 aliphatic heterocycles. The number of benzene rings is 1. The smallest absolute Gasteiger partial charge is 0.320 e. The highest BCUT2D eigenvalue weighted by molar-refractivity contribution is 5.74. The molecule has 0 bridgehead atoms. The number of carbonyl (C=O) groups is 1. The monoisotopic (exact) mass is 248 g/mol. The Bertz CT molecular complexity index is 426. The maximum Gasteiger partial charge on any atom is 0.320 e. The van der Waals surface area contributed by atoms with Crippen LogP contribution in [-0.2, 0) is 0 Å². The lowest BCUT2D eigenvalue weighted by molar-refractivity contribution is 0.194. The van der Waals surface area contributed by atoms with Crippen LogP contribution in [0.5, 0.6) is 5.75 Å². The second kappa shape index (κ2) is 5.76. The molecule has 1 aliphatic rings. The van der Waals surface area contributed by atoms with Crippen LogP contribution in [0.15, 0.2) is 18.2 Å². The molecule has 18 heavy (non-hydrogen) atoms. The van der Waals surface area contributed by atoms with E-state index in [0.29, 0.717) is 0 Å². The number of urea groups is 1. The van der Waals surface area contributed by atoms with Gasteiger partial charge in [0.1, 0.15) is 5.75 Å². The van der Waals surface area contributed by atoms with Gasteiger partial charge in [-0.1, -0.05) is 6.07 Å². The van der Waals surface area contributed by atoms with Crippen LogP contribution in [0.2, 0.25) is 0 Å². The van der Waals surface area contributed by atoms with Gasteiger partial charge in [-0.15, -0.1) is 0 Å². The summed E-state index contributed by atoms with van der Waals surface area (Å²) in [7, 11) is 0. The number of carbonyl (C=O) groups excluding carboxylic acids is 1. The molecule has 0 atom stereocenters. The highest BCUT2D eigenvalue weighted by atomic mass is 16.5. The van der Waals surface area contributed by atoms with Gasteiger partial charge in [0.05, 0.1) is 0 Å². The minimum Gasteiger partial charge on any atom is -0.473 e. The molecule has 1 aromatic rings. The number of ether oxygens (including phenoxy) is 1. The summed E-state index contributed by atoms with van der Waals surface area (Å²) in [6.45, 7) is 6.04. The van der Waals surface area contributed by atoms with Crippen molar-refractivity contribution in [1.29, 1.82) is 0 Å². The molecule has 2 rings (SSSR count). The van der Waals surface area contributed by atoms with Crippen LogP contribution in [0.3, 0.4) is 0 Å². The van der Waals surface area contributed by atoms with Crippen molar-refractivity contribution < 1.29 is 9.53 Å². The Labute approximate surface area is 108 Å². The van der Waals surface area contributed by atoms with E-state index in [1.807, 2.05) is 30.0 Å². The first-order valence-corrected chi connectivity index (χ1v) is 6.39. The average molecular weight is 248 g/mol. The molecule has 1 saturated heterocycles. The minimum absolute atomic E-state index is 0.0312. The van der Waals surface area contributed by atoms with E-state index in [0.717, 1.165) is 31.7 Å². The predicted octanol–water partition coefficient (Wildman–Crippen LogP) is 2.45. The van der Waals surface area contributed by atoms with Crippen molar-refractivity contribution in [3.05, 3.63) is 29.3 Å². The topological polar surface area (TPSA) is 41.6 Å². The van der Waals surface area contributed by atoms with Crippen molar-refractivity contribution >= 4 is 6.03 Å². The second-order valence-electron chi connectivity index (χ2n) is 4.71. The molecule has 4 heteroatoms. The Kier molecular flexibility index (Phi) is 4.07. The zero-order valence-corrected chi connectivity index (χ0v) is 11.0. The third kappa shape index (κ3) is 3.15. The first kappa shape index (κ1) is 12.7. The Morgan fingerprint density at radius 2 is 2.00 bits per heavy atom. The lowest BCUT2D eigenvalue weighted by Gasteiger charge is -2.16. The molecular formula is C14H20N2O2. The number of likely N-dealkylation sites (tertiary alicyclic amines) is 1. The number of hydrogen-bond donors (Lipinski definition) is 1. The summed E-state index contributed by atoms with van der Waals surface area (Å²) < 4.78 is 5.51. The van der Waals surface area contributed by atoms with Gasteiger partial charge in [0, 0.05) is 13.1 Å². The van der Waals surface area contributed by atoms with E-state index in [9.17, 15) is 4.79 Å². The molecule has 1 fully saturated rings. The van der Waals surface area contributed by atoms with Gasteiger partial charge in [-0.2, -0.15) is 0 Å². The first-order chi connectivity index (χ1) is 8.66. The van der Waals surface area contributed by atoms with Gasteiger partial charge in [-0.25, -0.2) is 4.79 Å². The summed E-state index contributed by atoms with van der Waals surface area (Å²) in [5.41, 5.74) is 2.43. The molecule has 1 heterocycles. The molecule has 0 saturated carbocycles. The Morgan fingerprint density at radius 1 is 1.28 bits per heavy atom. The van der Waals surface area contributed by atoms with Crippen molar-refractivity contribution in [3.8, 4) is 5.75 Å². The summed E-state index contributed by atoms with van der Waals surface area (Å²) in [4.78, 5) is 13.5. The Morgan fingerprint density at radius 3 is 2.67 bits per heavy atom. The van der Waals surface area contributed by atoms with Crippen LogP contribution >= 0.6 is 0 Å². The van der Waals surface area contributed by atoms with Gasteiger partial charge >= 0.3 is 6.03 Å². The number of amides is 2. The van der Waals surface area contributed by atoms with Crippen LogP contribution in [0.1, 0.15) is 24.0 Å². The van der Waals surface area contributed by atoms with Gasteiger partial charge in [0.25, 0.3) is 0 Å². The number of nitrogens with zero attached hydrogens (tertiary/aromatic N) is 1. The lowest BCUT2D eigenvalue weighted by Crippen LogP contribution is -2.39. The quantitative estimate of drug-likeness (QED) is 0.835. The lowest BCUT2D eigenvalue weighted by atomic mass is 10.1. The maximum atomic E-state index is 11.7. The highest BCUT2D eigenvalue weighted by Crippen LogP contribution is 2.16. The predicted molar refractivity (Wildman–Crippen MR) is 70.7 cm³/mol. The third-order valence-corrected chi connectivity index (χ3v) is 3.33. The molecule has 0 radical (unpaired) electrons. The van der Waals surface area contributed by atoms with Gasteiger partial charge in [-0.3, -0.25) is 0 Å². The van der Waals surface area contributed by atoms with E-state index < -0.39 is 0 Å². The van der Waals surface area contributed by atoms with Crippen molar-refractivity contribution in [2.45, 2.75) is 26.7 Å². The largest absolute Gasteiger partial charge is 0.473 e. The highest BCUT2D eigenvalue weighted by Gasteiger charge is 2.16. The van der Waals surface area contributed by atoms with Crippen molar-refractivity contribution in [1.82, 2.24) is 10.2 Å². The van der Waals surface area contributed by atoms with Crippen LogP contribution < -0.4 is 10.1 Å². The van der Waals surface area contributed by atoms with E-state index in [4.69, 9.17) is 4.74 Å². The van der Waals surface area contributed by atoms with E-state index in [1.165, 1.54) is 11.1 Å². The minimum atomic E-state index is -0.0312. The molecule has 98 valence electrons. The number of aryl methyl sites for hydroxylation is 2. The van der Waals surface area contributed by atoms with Crippen LogP contribution in [0, 0.1) is 13.8 Å². The van der Waals surface area contributed by atoms with Gasteiger partial charge < -0.3 is 15.0 Å². The molecule has 0 unspecified atom stereocenters.